The molecule has 16 heavy (non-hydrogen) atoms. The average Bonchev–Trinajstić information content (AvgIpc) is 1.74. The highest BCUT2D eigenvalue weighted by Crippen LogP contribution is 2.36. The van der Waals surface area contributed by atoms with Crippen LogP contribution in [0.1, 0.15) is 6.92 Å². The summed E-state index contributed by atoms with van der Waals surface area (Å²) in [5, 5.41) is 8.17. The first-order valence-electron chi connectivity index (χ1n) is 3.40. The van der Waals surface area contributed by atoms with Crippen LogP contribution in [0.25, 0.3) is 0 Å². The number of rotatable bonds is 2. The van der Waals surface area contributed by atoms with Crippen molar-refractivity contribution in [2.45, 2.75) is 13.2 Å². The van der Waals surface area contributed by atoms with Crippen LogP contribution in [0.2, 0.25) is 0 Å². The van der Waals surface area contributed by atoms with Gasteiger partial charge in [0.05, 0.1) is 0 Å². The van der Waals surface area contributed by atoms with Crippen LogP contribution < -0.4 is 22.9 Å². The predicted molar refractivity (Wildman–Crippen MR) is 52.4 cm³/mol. The number of aliphatic hydroxyl groups excluding tert-OH is 1. The molecule has 4 amide bonds. The molecule has 0 aromatic carbocycles. The molecule has 0 spiro atoms. The summed E-state index contributed by atoms with van der Waals surface area (Å²) in [6.07, 6.45) is -1.42. The van der Waals surface area contributed by atoms with E-state index in [4.69, 9.17) is 24.5 Å². The number of aliphatic hydroxyl groups is 1. The number of urea groups is 2. The zero-order valence-corrected chi connectivity index (χ0v) is 9.20. The summed E-state index contributed by atoms with van der Waals surface area (Å²) in [4.78, 5) is 33.8. The smallest absolute Gasteiger partial charge is 0.368 e. The van der Waals surface area contributed by atoms with Gasteiger partial charge < -0.3 is 37.8 Å². The van der Waals surface area contributed by atoms with E-state index in [2.05, 4.69) is 27.5 Å². The van der Waals surface area contributed by atoms with Crippen LogP contribution in [-0.2, 0) is 9.09 Å². The minimum Gasteiger partial charge on any atom is -0.368 e. The molecule has 0 fully saturated rings. The van der Waals surface area contributed by atoms with Gasteiger partial charge in [0, 0.05) is 0 Å². The Bertz CT molecular complexity index is 231. The third-order valence-corrected chi connectivity index (χ3v) is 0.870. The van der Waals surface area contributed by atoms with Crippen molar-refractivity contribution in [3.63, 3.8) is 0 Å². The fraction of sp³-hybridized carbons (Fsp3) is 0.500. The number of nitrogens with two attached hydrogens (primary N) is 4. The van der Waals surface area contributed by atoms with Crippen molar-refractivity contribution in [3.05, 3.63) is 0 Å². The van der Waals surface area contributed by atoms with Crippen LogP contribution in [0, 0.1) is 0 Å². The van der Waals surface area contributed by atoms with Crippen LogP contribution in [0.3, 0.4) is 0 Å². The molecule has 11 nitrogen and oxygen atoms in total. The zero-order valence-electron chi connectivity index (χ0n) is 8.31. The highest BCUT2D eigenvalue weighted by atomic mass is 31.2. The van der Waals surface area contributed by atoms with Gasteiger partial charge in [-0.25, -0.2) is 14.2 Å². The van der Waals surface area contributed by atoms with Gasteiger partial charge >= 0.3 is 19.9 Å². The van der Waals surface area contributed by atoms with Gasteiger partial charge in [-0.3, -0.25) is 4.52 Å². The molecule has 0 aromatic rings. The lowest BCUT2D eigenvalue weighted by molar-refractivity contribution is -0.0209. The second kappa shape index (κ2) is 10.1. The van der Waals surface area contributed by atoms with Crippen molar-refractivity contribution in [2.24, 2.45) is 22.9 Å². The maximum atomic E-state index is 9.75. The number of phosphoric ester groups is 1. The second-order valence-corrected chi connectivity index (χ2v) is 3.19. The van der Waals surface area contributed by atoms with E-state index in [0.29, 0.717) is 0 Å². The lowest BCUT2D eigenvalue weighted by atomic mass is 10.8. The molecule has 98 valence electrons. The van der Waals surface area contributed by atoms with Crippen molar-refractivity contribution >= 4 is 19.9 Å². The fourth-order valence-corrected chi connectivity index (χ4v) is 0.596. The van der Waals surface area contributed by atoms with Gasteiger partial charge in [0.15, 0.2) is 6.29 Å². The van der Waals surface area contributed by atoms with Gasteiger partial charge in [0.25, 0.3) is 0 Å². The minimum absolute atomic E-state index is 0.833. The summed E-state index contributed by atoms with van der Waals surface area (Å²) in [7, 11) is -4.47. The van der Waals surface area contributed by atoms with Crippen LogP contribution in [-0.4, -0.2) is 33.2 Å². The van der Waals surface area contributed by atoms with E-state index < -0.39 is 26.2 Å². The van der Waals surface area contributed by atoms with Crippen LogP contribution in [0.15, 0.2) is 0 Å². The van der Waals surface area contributed by atoms with Gasteiger partial charge in [-0.05, 0) is 6.92 Å². The Hall–Kier alpha value is -1.39. The highest BCUT2D eigenvalue weighted by Gasteiger charge is 2.16. The van der Waals surface area contributed by atoms with Crippen molar-refractivity contribution in [2.75, 3.05) is 0 Å². The molecule has 1 unspecified atom stereocenters. The third-order valence-electron chi connectivity index (χ3n) is 0.290. The molecule has 0 radical (unpaired) electrons. The van der Waals surface area contributed by atoms with Crippen molar-refractivity contribution in [1.29, 1.82) is 0 Å². The van der Waals surface area contributed by atoms with Crippen molar-refractivity contribution in [3.8, 4) is 0 Å². The van der Waals surface area contributed by atoms with Crippen molar-refractivity contribution < 1.29 is 33.6 Å². The van der Waals surface area contributed by atoms with Gasteiger partial charge in [0.2, 0.25) is 0 Å². The fourth-order valence-electron chi connectivity index (χ4n) is 0.199. The SMILES string of the molecule is CC(O)OP(=O)(O)O.NC(N)=O.NC(N)=O. The van der Waals surface area contributed by atoms with Gasteiger partial charge in [0.1, 0.15) is 0 Å². The normalized spacial score (nSPS) is 11.0. The molecule has 0 aliphatic heterocycles. The number of carbonyl (C=O) groups is 2. The van der Waals surface area contributed by atoms with E-state index >= 15 is 0 Å². The third kappa shape index (κ3) is 130. The van der Waals surface area contributed by atoms with E-state index in [1.54, 1.807) is 0 Å². The maximum Gasteiger partial charge on any atom is 0.471 e. The quantitative estimate of drug-likeness (QED) is 0.208. The molecule has 0 aromatic heterocycles. The molecule has 0 aliphatic rings. The van der Waals surface area contributed by atoms with Crippen molar-refractivity contribution in [1.82, 2.24) is 0 Å². The van der Waals surface area contributed by atoms with E-state index in [0.717, 1.165) is 6.92 Å². The van der Waals surface area contributed by atoms with Crippen LogP contribution >= 0.6 is 7.82 Å². The molecular formula is C4H15N4O7P. The first-order valence-corrected chi connectivity index (χ1v) is 4.93. The monoisotopic (exact) mass is 262 g/mol. The molecular weight excluding hydrogens is 247 g/mol. The number of carbonyl (C=O) groups excluding carboxylic acids is 2. The summed E-state index contributed by atoms with van der Waals surface area (Å²) in [5.74, 6) is 0. The molecule has 0 heterocycles. The number of amides is 4. The summed E-state index contributed by atoms with van der Waals surface area (Å²) in [5.41, 5.74) is 17.0. The molecule has 0 saturated heterocycles. The number of hydrogen-bond acceptors (Lipinski definition) is 5. The number of hydrogen-bond donors (Lipinski definition) is 7. The molecule has 0 aliphatic carbocycles. The number of phosphoric acid groups is 1. The van der Waals surface area contributed by atoms with Gasteiger partial charge in [-0.15, -0.1) is 0 Å². The second-order valence-electron chi connectivity index (χ2n) is 2.00. The molecule has 1 atom stereocenters. The molecule has 0 rings (SSSR count). The first-order chi connectivity index (χ1) is 6.88. The Balaban J connectivity index is -0.000000179. The van der Waals surface area contributed by atoms with E-state index in [9.17, 15) is 4.57 Å². The summed E-state index contributed by atoms with van der Waals surface area (Å²) in [6.45, 7) is 1.11. The molecule has 12 heteroatoms. The maximum absolute atomic E-state index is 9.75. The zero-order chi connectivity index (χ0) is 13.9. The average molecular weight is 262 g/mol. The van der Waals surface area contributed by atoms with Crippen LogP contribution in [0.4, 0.5) is 9.59 Å². The lowest BCUT2D eigenvalue weighted by Crippen LogP contribution is -2.18. The van der Waals surface area contributed by atoms with E-state index in [1.807, 2.05) is 0 Å². The first kappa shape index (κ1) is 20.1. The Morgan fingerprint density at radius 3 is 1.31 bits per heavy atom. The topological polar surface area (TPSA) is 225 Å². The Morgan fingerprint density at radius 2 is 1.31 bits per heavy atom. The Morgan fingerprint density at radius 1 is 1.12 bits per heavy atom. The molecule has 0 bridgehead atoms. The summed E-state index contributed by atoms with van der Waals surface area (Å²) in [6, 6.07) is -1.67. The van der Waals surface area contributed by atoms with Gasteiger partial charge in [-0.2, -0.15) is 0 Å². The number of primary amides is 4. The Kier molecular flexibility index (Phi) is 12.7. The summed E-state index contributed by atoms with van der Waals surface area (Å²) >= 11 is 0. The van der Waals surface area contributed by atoms with Gasteiger partial charge in [-0.1, -0.05) is 0 Å². The standard InChI is InChI=1S/C2H7O5P.2CH4N2O/c1-2(3)7-8(4,5)6;2*2-1(3)4/h2-3H,1H3,(H2,4,5,6);2*(H4,2,3,4). The molecule has 11 N–H and O–H groups in total. The minimum atomic E-state index is -4.47. The highest BCUT2D eigenvalue weighted by molar-refractivity contribution is 7.46. The van der Waals surface area contributed by atoms with Crippen LogP contribution in [0.5, 0.6) is 0 Å². The van der Waals surface area contributed by atoms with E-state index in [-0.39, 0.29) is 0 Å². The van der Waals surface area contributed by atoms with E-state index in [1.165, 1.54) is 0 Å². The summed E-state index contributed by atoms with van der Waals surface area (Å²) < 4.78 is 13.4. The Labute approximate surface area is 90.6 Å². The predicted octanol–water partition coefficient (Wildman–Crippen LogP) is -2.52. The lowest BCUT2D eigenvalue weighted by Gasteiger charge is -2.05. The molecule has 0 saturated carbocycles. The largest absolute Gasteiger partial charge is 0.471 e.